The van der Waals surface area contributed by atoms with E-state index < -0.39 is 6.10 Å². The van der Waals surface area contributed by atoms with Crippen LogP contribution in [0, 0.1) is 6.92 Å². The Balaban J connectivity index is 1.51. The van der Waals surface area contributed by atoms with Gasteiger partial charge in [-0.1, -0.05) is 35.9 Å². The van der Waals surface area contributed by atoms with E-state index in [1.54, 1.807) is 19.1 Å². The second-order valence-corrected chi connectivity index (χ2v) is 7.60. The van der Waals surface area contributed by atoms with Crippen LogP contribution in [0.1, 0.15) is 36.5 Å². The number of halogens is 1. The van der Waals surface area contributed by atoms with E-state index in [4.69, 9.17) is 16.3 Å². The maximum atomic E-state index is 12.4. The van der Waals surface area contributed by atoms with Crippen LogP contribution in [-0.4, -0.2) is 30.0 Å². The van der Waals surface area contributed by atoms with Crippen LogP contribution < -0.4 is 10.1 Å². The number of rotatable bonds is 7. The molecule has 1 aliphatic heterocycles. The molecule has 144 valence electrons. The minimum Gasteiger partial charge on any atom is -0.481 e. The molecule has 0 radical (unpaired) electrons. The first-order valence-corrected chi connectivity index (χ1v) is 9.90. The van der Waals surface area contributed by atoms with E-state index in [1.807, 2.05) is 19.1 Å². The van der Waals surface area contributed by atoms with Gasteiger partial charge in [-0.25, -0.2) is 0 Å². The Morgan fingerprint density at radius 2 is 1.93 bits per heavy atom. The lowest BCUT2D eigenvalue weighted by Crippen LogP contribution is -2.35. The monoisotopic (exact) mass is 386 g/mol. The maximum absolute atomic E-state index is 12.4. The number of carbonyl (C=O) groups excluding carboxylic acids is 1. The highest BCUT2D eigenvalue weighted by Gasteiger charge is 2.15. The molecule has 0 aliphatic carbocycles. The van der Waals surface area contributed by atoms with E-state index in [1.165, 1.54) is 31.5 Å². The minimum absolute atomic E-state index is 0.132. The fraction of sp³-hybridized carbons (Fsp3) is 0.409. The summed E-state index contributed by atoms with van der Waals surface area (Å²) in [5.41, 5.74) is 3.33. The van der Waals surface area contributed by atoms with Gasteiger partial charge in [-0.05, 0) is 74.7 Å². The molecule has 0 aromatic heterocycles. The highest BCUT2D eigenvalue weighted by atomic mass is 35.5. The van der Waals surface area contributed by atoms with E-state index in [0.29, 0.717) is 17.3 Å². The number of aryl methyl sites for hydroxylation is 1. The number of carbonyl (C=O) groups is 1. The van der Waals surface area contributed by atoms with E-state index in [-0.39, 0.29) is 5.91 Å². The van der Waals surface area contributed by atoms with Crippen molar-refractivity contribution < 1.29 is 9.53 Å². The Labute approximate surface area is 166 Å². The third-order valence-corrected chi connectivity index (χ3v) is 5.30. The van der Waals surface area contributed by atoms with Crippen molar-refractivity contribution in [2.45, 2.75) is 45.9 Å². The molecule has 1 atom stereocenters. The molecule has 1 saturated heterocycles. The summed E-state index contributed by atoms with van der Waals surface area (Å²) < 4.78 is 5.74. The van der Waals surface area contributed by atoms with Gasteiger partial charge in [-0.2, -0.15) is 0 Å². The van der Waals surface area contributed by atoms with Crippen molar-refractivity contribution in [1.82, 2.24) is 10.2 Å². The standard InChI is InChI=1S/C22H27ClN2O2/c1-16-12-20(8-9-21(16)23)27-17(2)22(26)24-14-18-6-5-7-19(13-18)15-25-10-3-4-11-25/h5-9,12-13,17H,3-4,10-11,14-15H2,1-2H3,(H,24,26)/t17-/m1/s1. The molecular formula is C22H27ClN2O2. The molecule has 1 aliphatic rings. The average Bonchev–Trinajstić information content (AvgIpc) is 3.16. The lowest BCUT2D eigenvalue weighted by atomic mass is 10.1. The predicted octanol–water partition coefficient (Wildman–Crippen LogP) is 4.33. The molecule has 27 heavy (non-hydrogen) atoms. The van der Waals surface area contributed by atoms with Crippen molar-refractivity contribution in [1.29, 1.82) is 0 Å². The Hall–Kier alpha value is -2.04. The smallest absolute Gasteiger partial charge is 0.261 e. The fourth-order valence-electron chi connectivity index (χ4n) is 3.32. The summed E-state index contributed by atoms with van der Waals surface area (Å²) >= 11 is 6.03. The highest BCUT2D eigenvalue weighted by molar-refractivity contribution is 6.31. The van der Waals surface area contributed by atoms with Gasteiger partial charge >= 0.3 is 0 Å². The van der Waals surface area contributed by atoms with Crippen molar-refractivity contribution in [2.24, 2.45) is 0 Å². The molecule has 0 spiro atoms. The number of hydrogen-bond donors (Lipinski definition) is 1. The molecule has 2 aromatic carbocycles. The van der Waals surface area contributed by atoms with Gasteiger partial charge in [-0.3, -0.25) is 9.69 Å². The number of nitrogens with one attached hydrogen (secondary N) is 1. The normalized spacial score (nSPS) is 15.5. The zero-order valence-electron chi connectivity index (χ0n) is 16.0. The van der Waals surface area contributed by atoms with Gasteiger partial charge in [0, 0.05) is 18.1 Å². The van der Waals surface area contributed by atoms with Crippen molar-refractivity contribution in [3.63, 3.8) is 0 Å². The lowest BCUT2D eigenvalue weighted by molar-refractivity contribution is -0.127. The van der Waals surface area contributed by atoms with Crippen LogP contribution in [0.2, 0.25) is 5.02 Å². The largest absolute Gasteiger partial charge is 0.481 e. The van der Waals surface area contributed by atoms with Crippen LogP contribution in [0.3, 0.4) is 0 Å². The Morgan fingerprint density at radius 1 is 1.19 bits per heavy atom. The zero-order valence-corrected chi connectivity index (χ0v) is 16.8. The van der Waals surface area contributed by atoms with Crippen molar-refractivity contribution in [3.05, 3.63) is 64.2 Å². The van der Waals surface area contributed by atoms with Crippen LogP contribution in [0.25, 0.3) is 0 Å². The molecule has 0 bridgehead atoms. The number of benzene rings is 2. The third kappa shape index (κ3) is 5.72. The zero-order chi connectivity index (χ0) is 19.2. The first-order valence-electron chi connectivity index (χ1n) is 9.52. The topological polar surface area (TPSA) is 41.6 Å². The summed E-state index contributed by atoms with van der Waals surface area (Å²) in [4.78, 5) is 14.8. The third-order valence-electron chi connectivity index (χ3n) is 4.87. The molecule has 1 amide bonds. The van der Waals surface area contributed by atoms with Crippen molar-refractivity contribution >= 4 is 17.5 Å². The minimum atomic E-state index is -0.571. The molecule has 5 heteroatoms. The van der Waals surface area contributed by atoms with Crippen LogP contribution in [-0.2, 0) is 17.9 Å². The fourth-order valence-corrected chi connectivity index (χ4v) is 3.44. The first-order chi connectivity index (χ1) is 13.0. The summed E-state index contributed by atoms with van der Waals surface area (Å²) in [6, 6.07) is 13.8. The van der Waals surface area contributed by atoms with Crippen molar-refractivity contribution in [2.75, 3.05) is 13.1 Å². The Morgan fingerprint density at radius 3 is 2.67 bits per heavy atom. The van der Waals surface area contributed by atoms with Gasteiger partial charge in [0.05, 0.1) is 0 Å². The summed E-state index contributed by atoms with van der Waals surface area (Å²) in [7, 11) is 0. The van der Waals surface area contributed by atoms with Gasteiger partial charge in [0.15, 0.2) is 6.10 Å². The van der Waals surface area contributed by atoms with Crippen LogP contribution in [0.15, 0.2) is 42.5 Å². The van der Waals surface area contributed by atoms with E-state index in [9.17, 15) is 4.79 Å². The summed E-state index contributed by atoms with van der Waals surface area (Å²) in [5, 5.41) is 3.65. The van der Waals surface area contributed by atoms with E-state index in [0.717, 1.165) is 17.7 Å². The number of hydrogen-bond acceptors (Lipinski definition) is 3. The maximum Gasteiger partial charge on any atom is 0.261 e. The molecule has 1 fully saturated rings. The number of likely N-dealkylation sites (tertiary alicyclic amines) is 1. The van der Waals surface area contributed by atoms with Gasteiger partial charge in [0.1, 0.15) is 5.75 Å². The first kappa shape index (κ1) is 19.7. The van der Waals surface area contributed by atoms with Crippen molar-refractivity contribution in [3.8, 4) is 5.75 Å². The highest BCUT2D eigenvalue weighted by Crippen LogP contribution is 2.22. The Kier molecular flexibility index (Phi) is 6.75. The molecule has 2 aromatic rings. The predicted molar refractivity (Wildman–Crippen MR) is 109 cm³/mol. The van der Waals surface area contributed by atoms with Crippen LogP contribution in [0.5, 0.6) is 5.75 Å². The average molecular weight is 387 g/mol. The summed E-state index contributed by atoms with van der Waals surface area (Å²) in [6.45, 7) is 7.51. The molecule has 1 N–H and O–H groups in total. The second-order valence-electron chi connectivity index (χ2n) is 7.19. The molecular weight excluding hydrogens is 360 g/mol. The van der Waals surface area contributed by atoms with E-state index >= 15 is 0 Å². The SMILES string of the molecule is Cc1cc(O[C@H](C)C(=O)NCc2cccc(CN3CCCC3)c2)ccc1Cl. The molecule has 4 nitrogen and oxygen atoms in total. The second kappa shape index (κ2) is 9.25. The van der Waals surface area contributed by atoms with Gasteiger partial charge < -0.3 is 10.1 Å². The number of amides is 1. The van der Waals surface area contributed by atoms with Gasteiger partial charge in [0.2, 0.25) is 0 Å². The number of nitrogens with zero attached hydrogens (tertiary/aromatic N) is 1. The molecule has 0 unspecified atom stereocenters. The van der Waals surface area contributed by atoms with E-state index in [2.05, 4.69) is 28.4 Å². The van der Waals surface area contributed by atoms with Crippen LogP contribution in [0.4, 0.5) is 0 Å². The Bertz CT molecular complexity index is 788. The van der Waals surface area contributed by atoms with Gasteiger partial charge in [-0.15, -0.1) is 0 Å². The lowest BCUT2D eigenvalue weighted by Gasteiger charge is -2.17. The summed E-state index contributed by atoms with van der Waals surface area (Å²) in [6.07, 6.45) is 2.01. The molecule has 1 heterocycles. The number of ether oxygens (including phenoxy) is 1. The van der Waals surface area contributed by atoms with Gasteiger partial charge in [0.25, 0.3) is 5.91 Å². The quantitative estimate of drug-likeness (QED) is 0.770. The summed E-state index contributed by atoms with van der Waals surface area (Å²) in [5.74, 6) is 0.514. The molecule has 3 rings (SSSR count). The van der Waals surface area contributed by atoms with Crippen LogP contribution >= 0.6 is 11.6 Å². The molecule has 0 saturated carbocycles.